The first-order chi connectivity index (χ1) is 12.1. The molecule has 1 aromatic heterocycles. The first kappa shape index (κ1) is 16.2. The molecule has 2 unspecified atom stereocenters. The van der Waals surface area contributed by atoms with Gasteiger partial charge in [0, 0.05) is 4.90 Å². The van der Waals surface area contributed by atoms with Crippen LogP contribution in [0.5, 0.6) is 11.5 Å². The zero-order valence-electron chi connectivity index (χ0n) is 13.7. The minimum Gasteiger partial charge on any atom is -0.482 e. The van der Waals surface area contributed by atoms with E-state index in [-0.39, 0.29) is 12.0 Å². The maximum Gasteiger partial charge on any atom is 0.271 e. The molecule has 7 heteroatoms. The summed E-state index contributed by atoms with van der Waals surface area (Å²) in [4.78, 5) is 18.3. The summed E-state index contributed by atoms with van der Waals surface area (Å²) < 4.78 is 12.7. The highest BCUT2D eigenvalue weighted by molar-refractivity contribution is 7.98. The lowest BCUT2D eigenvalue weighted by molar-refractivity contribution is -0.128. The number of thioether (sulfide) groups is 1. The van der Waals surface area contributed by atoms with E-state index in [9.17, 15) is 4.79 Å². The van der Waals surface area contributed by atoms with E-state index in [2.05, 4.69) is 16.4 Å². The quantitative estimate of drug-likeness (QED) is 0.699. The van der Waals surface area contributed by atoms with Crippen LogP contribution in [0.25, 0.3) is 10.2 Å². The second kappa shape index (κ2) is 6.57. The molecule has 5 nitrogen and oxygen atoms in total. The van der Waals surface area contributed by atoms with Crippen LogP contribution in [0, 0.1) is 0 Å². The van der Waals surface area contributed by atoms with E-state index < -0.39 is 6.10 Å². The number of hydrogen-bond donors (Lipinski definition) is 1. The molecule has 2 atom stereocenters. The number of thiazole rings is 1. The van der Waals surface area contributed by atoms with Crippen LogP contribution in [0.2, 0.25) is 0 Å². The highest BCUT2D eigenvalue weighted by Gasteiger charge is 2.34. The van der Waals surface area contributed by atoms with E-state index in [0.717, 1.165) is 10.2 Å². The number of para-hydroxylation sites is 2. The fraction of sp³-hybridized carbons (Fsp3) is 0.222. The monoisotopic (exact) mass is 372 g/mol. The molecule has 0 spiro atoms. The van der Waals surface area contributed by atoms with E-state index in [1.54, 1.807) is 17.8 Å². The van der Waals surface area contributed by atoms with E-state index in [1.807, 2.05) is 43.5 Å². The molecular weight excluding hydrogens is 356 g/mol. The molecule has 2 aromatic carbocycles. The molecular formula is C18H16N2O3S2. The number of anilines is 1. The molecule has 0 radical (unpaired) electrons. The van der Waals surface area contributed by atoms with Crippen molar-refractivity contribution in [2.45, 2.75) is 24.0 Å². The Kier molecular flexibility index (Phi) is 4.27. The lowest BCUT2D eigenvalue weighted by Gasteiger charge is -2.30. The topological polar surface area (TPSA) is 60.5 Å². The van der Waals surface area contributed by atoms with Crippen molar-refractivity contribution in [2.75, 3.05) is 11.6 Å². The lowest BCUT2D eigenvalue weighted by atomic mass is 10.1. The molecule has 0 bridgehead atoms. The van der Waals surface area contributed by atoms with Gasteiger partial charge in [-0.15, -0.1) is 11.8 Å². The predicted molar refractivity (Wildman–Crippen MR) is 101 cm³/mol. The lowest BCUT2D eigenvalue weighted by Crippen LogP contribution is -2.46. The van der Waals surface area contributed by atoms with Gasteiger partial charge in [-0.25, -0.2) is 4.98 Å². The maximum atomic E-state index is 12.6. The number of aromatic nitrogens is 1. The van der Waals surface area contributed by atoms with E-state index in [1.165, 1.54) is 16.2 Å². The smallest absolute Gasteiger partial charge is 0.271 e. The van der Waals surface area contributed by atoms with Crippen molar-refractivity contribution in [1.82, 2.24) is 4.98 Å². The summed E-state index contributed by atoms with van der Waals surface area (Å²) in [6.45, 7) is 1.82. The summed E-state index contributed by atoms with van der Waals surface area (Å²) in [6, 6.07) is 13.4. The molecule has 2 heterocycles. The summed E-state index contributed by atoms with van der Waals surface area (Å²) in [5.74, 6) is 0.976. The Balaban J connectivity index is 1.54. The second-order valence-electron chi connectivity index (χ2n) is 5.65. The largest absolute Gasteiger partial charge is 0.482 e. The van der Waals surface area contributed by atoms with Gasteiger partial charge in [0.25, 0.3) is 5.91 Å². The van der Waals surface area contributed by atoms with Crippen molar-refractivity contribution in [1.29, 1.82) is 0 Å². The molecule has 0 saturated carbocycles. The summed E-state index contributed by atoms with van der Waals surface area (Å²) in [5, 5.41) is 3.42. The SMILES string of the molecule is CSc1ccc2nc(NC(=O)C3Oc4ccccc4OC3C)sc2c1. The van der Waals surface area contributed by atoms with Gasteiger partial charge in [-0.1, -0.05) is 23.5 Å². The first-order valence-electron chi connectivity index (χ1n) is 7.82. The van der Waals surface area contributed by atoms with Gasteiger partial charge in [0.05, 0.1) is 10.2 Å². The number of nitrogens with one attached hydrogen (secondary N) is 1. The van der Waals surface area contributed by atoms with E-state index in [0.29, 0.717) is 16.6 Å². The Morgan fingerprint density at radius 3 is 2.72 bits per heavy atom. The van der Waals surface area contributed by atoms with Crippen LogP contribution in [-0.2, 0) is 4.79 Å². The number of carbonyl (C=O) groups is 1. The van der Waals surface area contributed by atoms with Crippen molar-refractivity contribution in [3.05, 3.63) is 42.5 Å². The van der Waals surface area contributed by atoms with E-state index in [4.69, 9.17) is 9.47 Å². The molecule has 1 N–H and O–H groups in total. The van der Waals surface area contributed by atoms with Gasteiger partial charge in [0.2, 0.25) is 6.10 Å². The first-order valence-corrected chi connectivity index (χ1v) is 9.86. The highest BCUT2D eigenvalue weighted by atomic mass is 32.2. The van der Waals surface area contributed by atoms with Gasteiger partial charge in [0.1, 0.15) is 6.10 Å². The van der Waals surface area contributed by atoms with Crippen LogP contribution in [0.15, 0.2) is 47.4 Å². The van der Waals surface area contributed by atoms with Crippen LogP contribution < -0.4 is 14.8 Å². The molecule has 25 heavy (non-hydrogen) atoms. The molecule has 1 aliphatic heterocycles. The number of amides is 1. The minimum atomic E-state index is -0.719. The third-order valence-electron chi connectivity index (χ3n) is 3.93. The molecule has 3 aromatic rings. The van der Waals surface area contributed by atoms with Crippen molar-refractivity contribution in [3.63, 3.8) is 0 Å². The van der Waals surface area contributed by atoms with Gasteiger partial charge in [-0.2, -0.15) is 0 Å². The highest BCUT2D eigenvalue weighted by Crippen LogP contribution is 2.34. The summed E-state index contributed by atoms with van der Waals surface area (Å²) in [6.07, 6.45) is 0.931. The molecule has 4 rings (SSSR count). The Morgan fingerprint density at radius 1 is 1.20 bits per heavy atom. The zero-order chi connectivity index (χ0) is 17.4. The molecule has 0 fully saturated rings. The number of fused-ring (bicyclic) bond motifs is 2. The third-order valence-corrected chi connectivity index (χ3v) is 5.59. The number of rotatable bonds is 3. The van der Waals surface area contributed by atoms with Crippen LogP contribution in [0.1, 0.15) is 6.92 Å². The van der Waals surface area contributed by atoms with Gasteiger partial charge < -0.3 is 9.47 Å². The van der Waals surface area contributed by atoms with Crippen LogP contribution in [0.4, 0.5) is 5.13 Å². The Bertz CT molecular complexity index is 941. The van der Waals surface area contributed by atoms with Crippen molar-refractivity contribution >= 4 is 44.4 Å². The molecule has 0 aliphatic carbocycles. The Labute approximate surface area is 153 Å². The normalized spacial score (nSPS) is 19.0. The summed E-state index contributed by atoms with van der Waals surface area (Å²) >= 11 is 3.13. The predicted octanol–water partition coefficient (Wildman–Crippen LogP) is 4.19. The van der Waals surface area contributed by atoms with Crippen molar-refractivity contribution in [2.24, 2.45) is 0 Å². The van der Waals surface area contributed by atoms with Crippen LogP contribution >= 0.6 is 23.1 Å². The van der Waals surface area contributed by atoms with Crippen LogP contribution in [-0.4, -0.2) is 29.4 Å². The van der Waals surface area contributed by atoms with Crippen molar-refractivity contribution < 1.29 is 14.3 Å². The number of ether oxygens (including phenoxy) is 2. The van der Waals surface area contributed by atoms with Gasteiger partial charge in [0.15, 0.2) is 16.6 Å². The van der Waals surface area contributed by atoms with Crippen molar-refractivity contribution in [3.8, 4) is 11.5 Å². The average Bonchev–Trinajstić information content (AvgIpc) is 3.02. The number of hydrogen-bond acceptors (Lipinski definition) is 6. The zero-order valence-corrected chi connectivity index (χ0v) is 15.3. The Morgan fingerprint density at radius 2 is 1.96 bits per heavy atom. The second-order valence-corrected chi connectivity index (χ2v) is 7.56. The third kappa shape index (κ3) is 3.17. The van der Waals surface area contributed by atoms with E-state index >= 15 is 0 Å². The maximum absolute atomic E-state index is 12.6. The van der Waals surface area contributed by atoms with Gasteiger partial charge in [-0.05, 0) is 43.5 Å². The van der Waals surface area contributed by atoms with Gasteiger partial charge in [-0.3, -0.25) is 10.1 Å². The fourth-order valence-corrected chi connectivity index (χ4v) is 4.09. The number of nitrogens with zero attached hydrogens (tertiary/aromatic N) is 1. The van der Waals surface area contributed by atoms with Gasteiger partial charge >= 0.3 is 0 Å². The average molecular weight is 372 g/mol. The molecule has 1 aliphatic rings. The number of carbonyl (C=O) groups excluding carboxylic acids is 1. The summed E-state index contributed by atoms with van der Waals surface area (Å²) in [7, 11) is 0. The molecule has 0 saturated heterocycles. The van der Waals surface area contributed by atoms with Crippen LogP contribution in [0.3, 0.4) is 0 Å². The fourth-order valence-electron chi connectivity index (χ4n) is 2.67. The standard InChI is InChI=1S/C18H16N2O3S2/c1-10-16(23-14-6-4-3-5-13(14)22-10)17(21)20-18-19-12-8-7-11(24-2)9-15(12)25-18/h3-10,16H,1-2H3,(H,19,20,21). The summed E-state index contributed by atoms with van der Waals surface area (Å²) in [5.41, 5.74) is 0.873. The minimum absolute atomic E-state index is 0.258. The number of benzene rings is 2. The Hall–Kier alpha value is -2.25. The molecule has 1 amide bonds. The molecule has 128 valence electrons.